The van der Waals surface area contributed by atoms with Crippen molar-refractivity contribution < 1.29 is 4.57 Å². The number of fused-ring (bicyclic) bond motifs is 1. The van der Waals surface area contributed by atoms with Crippen LogP contribution in [0.5, 0.6) is 0 Å². The van der Waals surface area contributed by atoms with Crippen LogP contribution in [0.4, 0.5) is 17.1 Å². The summed E-state index contributed by atoms with van der Waals surface area (Å²) in [6.45, 7) is 4.29. The van der Waals surface area contributed by atoms with Crippen LogP contribution in [-0.2, 0) is 9.98 Å². The zero-order valence-electron chi connectivity index (χ0n) is 18.5. The van der Waals surface area contributed by atoms with Crippen LogP contribution < -0.4 is 14.8 Å². The summed E-state index contributed by atoms with van der Waals surface area (Å²) in [6, 6.07) is 22.8. The van der Waals surface area contributed by atoms with E-state index in [0.717, 1.165) is 11.4 Å². The third kappa shape index (κ3) is 3.47. The highest BCUT2D eigenvalue weighted by atomic mass is 35.5. The van der Waals surface area contributed by atoms with Crippen molar-refractivity contribution in [3.63, 3.8) is 0 Å². The zero-order chi connectivity index (χ0) is 23.4. The molecule has 0 bridgehead atoms. The van der Waals surface area contributed by atoms with Crippen molar-refractivity contribution in [2.75, 3.05) is 21.8 Å². The average Bonchev–Trinajstić information content (AvgIpc) is 3.22. The summed E-state index contributed by atoms with van der Waals surface area (Å²) in [5, 5.41) is 9.42. The lowest BCUT2D eigenvalue weighted by Gasteiger charge is -2.31. The molecule has 3 aromatic carbocycles. The number of anilines is 3. The fourth-order valence-electron chi connectivity index (χ4n) is 4.67. The fourth-order valence-corrected chi connectivity index (χ4v) is 7.58. The molecule has 0 saturated heterocycles. The minimum absolute atomic E-state index is 0.380. The first-order valence-electron chi connectivity index (χ1n) is 10.5. The number of nitrogens with zero attached hydrogens (tertiary/aromatic N) is 3. The summed E-state index contributed by atoms with van der Waals surface area (Å²) in [5.41, 5.74) is 4.02. The SMILES string of the molecule is CN1/C(=C2/C=NN(c3ccccc3)P2(=O)Nc2cc(Cl)ccc2Cl)C(C)(C)c2ccccc21. The highest BCUT2D eigenvalue weighted by molar-refractivity contribution is 7.72. The Morgan fingerprint density at radius 1 is 0.970 bits per heavy atom. The molecule has 0 fully saturated rings. The summed E-state index contributed by atoms with van der Waals surface area (Å²) in [7, 11) is -1.51. The maximum Gasteiger partial charge on any atom is 0.313 e. The molecule has 33 heavy (non-hydrogen) atoms. The van der Waals surface area contributed by atoms with Gasteiger partial charge in [-0.05, 0) is 42.0 Å². The Kier molecular flexibility index (Phi) is 5.32. The standard InChI is InChI=1S/C25H23Cl2N4OP/c1-25(2)19-11-7-8-12-22(19)30(3)24(25)23-16-28-31(18-9-5-4-6-10-18)33(23,32)29-21-15-17(26)13-14-20(21)27/h4-16H,1-3H3,(H,29,32)/b24-23-. The van der Waals surface area contributed by atoms with Crippen LogP contribution in [0.15, 0.2) is 88.9 Å². The van der Waals surface area contributed by atoms with Gasteiger partial charge in [-0.2, -0.15) is 9.88 Å². The molecule has 2 aliphatic heterocycles. The first-order valence-corrected chi connectivity index (χ1v) is 13.0. The van der Waals surface area contributed by atoms with Crippen LogP contribution in [0, 0.1) is 0 Å². The maximum absolute atomic E-state index is 15.0. The first kappa shape index (κ1) is 22.1. The van der Waals surface area contributed by atoms with E-state index in [-0.39, 0.29) is 5.41 Å². The van der Waals surface area contributed by atoms with Crippen molar-refractivity contribution in [3.8, 4) is 0 Å². The Morgan fingerprint density at radius 3 is 2.39 bits per heavy atom. The molecule has 0 radical (unpaired) electrons. The van der Waals surface area contributed by atoms with E-state index >= 15 is 0 Å². The first-order chi connectivity index (χ1) is 15.7. The number of benzene rings is 3. The minimum atomic E-state index is -3.52. The monoisotopic (exact) mass is 496 g/mol. The molecule has 0 spiro atoms. The Hall–Kier alpha value is -2.72. The van der Waals surface area contributed by atoms with Crippen molar-refractivity contribution in [1.82, 2.24) is 0 Å². The van der Waals surface area contributed by atoms with Crippen molar-refractivity contribution in [2.45, 2.75) is 19.3 Å². The summed E-state index contributed by atoms with van der Waals surface area (Å²) in [5.74, 6) is 0. The second kappa shape index (κ2) is 7.95. The highest BCUT2D eigenvalue weighted by Gasteiger charge is 2.48. The zero-order valence-corrected chi connectivity index (χ0v) is 20.9. The molecule has 2 aliphatic rings. The number of nitrogens with one attached hydrogen (secondary N) is 1. The van der Waals surface area contributed by atoms with Gasteiger partial charge in [0.25, 0.3) is 0 Å². The van der Waals surface area contributed by atoms with Crippen molar-refractivity contribution >= 4 is 53.9 Å². The van der Waals surface area contributed by atoms with Gasteiger partial charge in [-0.25, -0.2) is 0 Å². The molecule has 1 N–H and O–H groups in total. The predicted molar refractivity (Wildman–Crippen MR) is 140 cm³/mol. The maximum atomic E-state index is 15.0. The van der Waals surface area contributed by atoms with Gasteiger partial charge in [0.1, 0.15) is 0 Å². The van der Waals surface area contributed by atoms with E-state index in [2.05, 4.69) is 41.1 Å². The Balaban J connectivity index is 1.73. The van der Waals surface area contributed by atoms with Gasteiger partial charge in [0.05, 0.1) is 27.9 Å². The van der Waals surface area contributed by atoms with E-state index in [0.29, 0.717) is 26.7 Å². The van der Waals surface area contributed by atoms with E-state index in [1.165, 1.54) is 5.56 Å². The van der Waals surface area contributed by atoms with Gasteiger partial charge in [-0.1, -0.05) is 73.4 Å². The smallest absolute Gasteiger partial charge is 0.313 e. The van der Waals surface area contributed by atoms with Crippen LogP contribution >= 0.6 is 30.6 Å². The molecule has 1 atom stereocenters. The average molecular weight is 497 g/mol. The second-order valence-corrected chi connectivity index (χ2v) is 11.7. The fraction of sp³-hybridized carbons (Fsp3) is 0.160. The quantitative estimate of drug-likeness (QED) is 0.376. The lowest BCUT2D eigenvalue weighted by Crippen LogP contribution is -2.26. The summed E-state index contributed by atoms with van der Waals surface area (Å²) in [4.78, 5) is 2.11. The van der Waals surface area contributed by atoms with Gasteiger partial charge in [0.2, 0.25) is 0 Å². The minimum Gasteiger partial charge on any atom is -0.346 e. The van der Waals surface area contributed by atoms with Crippen LogP contribution in [0.1, 0.15) is 19.4 Å². The molecule has 3 aromatic rings. The lowest BCUT2D eigenvalue weighted by molar-refractivity contribution is 0.579. The van der Waals surface area contributed by atoms with Crippen molar-refractivity contribution in [1.29, 1.82) is 0 Å². The van der Waals surface area contributed by atoms with Crippen LogP contribution in [0.3, 0.4) is 0 Å². The molecule has 0 saturated carbocycles. The molecule has 5 nitrogen and oxygen atoms in total. The lowest BCUT2D eigenvalue weighted by atomic mass is 9.84. The Labute approximate surface area is 203 Å². The molecule has 1 unspecified atom stereocenters. The number of hydrogen-bond acceptors (Lipinski definition) is 3. The highest BCUT2D eigenvalue weighted by Crippen LogP contribution is 2.65. The second-order valence-electron chi connectivity index (χ2n) is 8.62. The van der Waals surface area contributed by atoms with Crippen molar-refractivity contribution in [3.05, 3.63) is 99.4 Å². The van der Waals surface area contributed by atoms with Gasteiger partial charge in [-0.3, -0.25) is 4.57 Å². The largest absolute Gasteiger partial charge is 0.346 e. The molecule has 2 heterocycles. The normalized spacial score (nSPS) is 23.2. The Bertz CT molecular complexity index is 1350. The van der Waals surface area contributed by atoms with Crippen LogP contribution in [0.25, 0.3) is 0 Å². The Morgan fingerprint density at radius 2 is 1.67 bits per heavy atom. The number of hydrazone groups is 1. The molecular formula is C25H23Cl2N4OP. The van der Waals surface area contributed by atoms with Gasteiger partial charge >= 0.3 is 7.44 Å². The van der Waals surface area contributed by atoms with E-state index in [1.807, 2.05) is 49.5 Å². The van der Waals surface area contributed by atoms with Gasteiger partial charge in [-0.15, -0.1) is 0 Å². The summed E-state index contributed by atoms with van der Waals surface area (Å²) >= 11 is 12.7. The van der Waals surface area contributed by atoms with Gasteiger partial charge in [0.15, 0.2) is 0 Å². The van der Waals surface area contributed by atoms with Gasteiger partial charge < -0.3 is 9.99 Å². The van der Waals surface area contributed by atoms with Crippen LogP contribution in [0.2, 0.25) is 10.0 Å². The number of halogens is 2. The molecule has 0 amide bonds. The molecule has 168 valence electrons. The number of para-hydroxylation sites is 2. The number of likely N-dealkylation sites (N-methyl/N-ethyl adjacent to an activating group) is 1. The van der Waals surface area contributed by atoms with Crippen molar-refractivity contribution in [2.24, 2.45) is 5.10 Å². The van der Waals surface area contributed by atoms with E-state index < -0.39 is 7.44 Å². The predicted octanol–water partition coefficient (Wildman–Crippen LogP) is 7.74. The van der Waals surface area contributed by atoms with E-state index in [9.17, 15) is 4.57 Å². The topological polar surface area (TPSA) is 47.9 Å². The van der Waals surface area contributed by atoms with E-state index in [1.54, 1.807) is 29.2 Å². The summed E-state index contributed by atoms with van der Waals surface area (Å²) < 4.78 is 16.6. The number of allylic oxidation sites excluding steroid dienone is 2. The molecule has 0 aromatic heterocycles. The van der Waals surface area contributed by atoms with Crippen LogP contribution in [-0.4, -0.2) is 13.3 Å². The molecule has 5 rings (SSSR count). The summed E-state index contributed by atoms with van der Waals surface area (Å²) in [6.07, 6.45) is 1.71. The third-order valence-corrected chi connectivity index (χ3v) is 9.14. The number of hydrogen-bond donors (Lipinski definition) is 1. The molecule has 0 aliphatic carbocycles. The molecule has 8 heteroatoms. The third-order valence-electron chi connectivity index (χ3n) is 6.18. The molecular weight excluding hydrogens is 474 g/mol. The number of rotatable bonds is 3. The van der Waals surface area contributed by atoms with Gasteiger partial charge in [0, 0.05) is 28.9 Å². The van der Waals surface area contributed by atoms with E-state index in [4.69, 9.17) is 23.2 Å².